The van der Waals surface area contributed by atoms with E-state index in [1.807, 2.05) is 19.9 Å². The van der Waals surface area contributed by atoms with Gasteiger partial charge in [-0.3, -0.25) is 9.59 Å². The summed E-state index contributed by atoms with van der Waals surface area (Å²) >= 11 is 12.5. The largest absolute Gasteiger partial charge is 0.481 e. The molecule has 10 nitrogen and oxygen atoms in total. The summed E-state index contributed by atoms with van der Waals surface area (Å²) in [6, 6.07) is 10.6. The maximum Gasteiger partial charge on any atom is 0.342 e. The second kappa shape index (κ2) is 12.2. The average Bonchev–Trinajstić information content (AvgIpc) is 3.48. The first-order chi connectivity index (χ1) is 22.7. The molecule has 1 saturated heterocycles. The van der Waals surface area contributed by atoms with Gasteiger partial charge in [-0.05, 0) is 87.3 Å². The number of carboxylic acids is 1. The van der Waals surface area contributed by atoms with Crippen molar-refractivity contribution in [2.75, 3.05) is 18.7 Å². The van der Waals surface area contributed by atoms with Gasteiger partial charge in [0.25, 0.3) is 0 Å². The number of aliphatic hydroxyl groups is 2. The van der Waals surface area contributed by atoms with Crippen LogP contribution in [0.5, 0.6) is 0 Å². The Morgan fingerprint density at radius 1 is 1.19 bits per heavy atom. The summed E-state index contributed by atoms with van der Waals surface area (Å²) in [6.45, 7) is 9.74. The molecule has 0 radical (unpaired) electrons. The third kappa shape index (κ3) is 4.98. The number of carbonyl (C=O) groups excluding carboxylic acids is 2. The van der Waals surface area contributed by atoms with E-state index in [1.165, 1.54) is 0 Å². The highest BCUT2D eigenvalue weighted by molar-refractivity contribution is 6.39. The van der Waals surface area contributed by atoms with Gasteiger partial charge in [-0.15, -0.1) is 0 Å². The van der Waals surface area contributed by atoms with Crippen LogP contribution in [0.4, 0.5) is 11.4 Å². The summed E-state index contributed by atoms with van der Waals surface area (Å²) in [5, 5.41) is 35.7. The van der Waals surface area contributed by atoms with Gasteiger partial charge in [0, 0.05) is 18.4 Å². The van der Waals surface area contributed by atoms with Crippen LogP contribution in [0.25, 0.3) is 0 Å². The molecule has 0 amide bonds. The van der Waals surface area contributed by atoms with Crippen LogP contribution < -0.4 is 5.32 Å². The first kappa shape index (κ1) is 34.5. The van der Waals surface area contributed by atoms with E-state index in [0.29, 0.717) is 64.8 Å². The summed E-state index contributed by atoms with van der Waals surface area (Å²) in [5.41, 5.74) is -0.921. The van der Waals surface area contributed by atoms with E-state index in [0.717, 1.165) is 5.56 Å². The number of aliphatic carboxylic acids is 1. The number of fused-ring (bicyclic) bond motifs is 1. The number of benzene rings is 2. The minimum atomic E-state index is -1.27. The normalized spacial score (nSPS) is 35.2. The van der Waals surface area contributed by atoms with Crippen molar-refractivity contribution in [1.82, 2.24) is 0 Å². The number of aryl methyl sites for hydroxylation is 1. The maximum atomic E-state index is 12.7. The molecule has 7 rings (SSSR count). The zero-order valence-electron chi connectivity index (χ0n) is 26.9. The van der Waals surface area contributed by atoms with Gasteiger partial charge in [-0.2, -0.15) is 0 Å². The Morgan fingerprint density at radius 2 is 1.92 bits per heavy atom. The van der Waals surface area contributed by atoms with Gasteiger partial charge in [0.15, 0.2) is 6.79 Å². The predicted molar refractivity (Wildman–Crippen MR) is 178 cm³/mol. The van der Waals surface area contributed by atoms with E-state index in [9.17, 15) is 29.7 Å². The number of anilines is 2. The molecule has 4 fully saturated rings. The summed E-state index contributed by atoms with van der Waals surface area (Å²) in [5.74, 6) is -3.67. The highest BCUT2D eigenvalue weighted by atomic mass is 35.5. The smallest absolute Gasteiger partial charge is 0.342 e. The minimum absolute atomic E-state index is 0.0877. The molecule has 256 valence electrons. The van der Waals surface area contributed by atoms with Crippen molar-refractivity contribution < 1.29 is 43.9 Å². The number of nitrogens with one attached hydrogen (secondary N) is 1. The molecule has 4 N–H and O–H groups in total. The zero-order valence-corrected chi connectivity index (χ0v) is 28.4. The van der Waals surface area contributed by atoms with E-state index < -0.39 is 57.9 Å². The highest BCUT2D eigenvalue weighted by Crippen LogP contribution is 2.77. The lowest BCUT2D eigenvalue weighted by molar-refractivity contribution is -0.163. The molecule has 0 aromatic heterocycles. The molecule has 2 aromatic rings. The van der Waals surface area contributed by atoms with Crippen LogP contribution in [0.15, 0.2) is 60.7 Å². The van der Waals surface area contributed by atoms with Crippen LogP contribution in [-0.2, 0) is 23.8 Å². The molecule has 5 aliphatic rings. The first-order valence-electron chi connectivity index (χ1n) is 16.0. The van der Waals surface area contributed by atoms with Gasteiger partial charge in [-0.25, -0.2) is 4.79 Å². The molecule has 12 heteroatoms. The third-order valence-corrected chi connectivity index (χ3v) is 12.1. The standard InChI is InChI=1S/C19H22O6.C17H17Cl2NO3/c1-9-7-17-8-18(9,24)5-3-10(17)19-6-4-11(20)16(2,15(23)25-19)13(19)12(17)14(21)22;1-3-22-10-23-17(21)12-6-4-5-7-14(12)20-16-13(18)9-8-11(2)15(16)19/h4,6,10-13,20,24H,1,3,5,7-8H2,2H3,(H,21,22);4-9,20H,3,10H2,1-2H3/t10-,11+,12-,13-,16-,17+,18+,19-;/m1./s1. The number of carbonyl (C=O) groups is 3. The number of hydrogen-bond acceptors (Lipinski definition) is 9. The summed E-state index contributed by atoms with van der Waals surface area (Å²) < 4.78 is 16.0. The van der Waals surface area contributed by atoms with Crippen molar-refractivity contribution in [3.63, 3.8) is 0 Å². The molecule has 0 unspecified atom stereocenters. The summed E-state index contributed by atoms with van der Waals surface area (Å²) in [7, 11) is 0. The lowest BCUT2D eigenvalue weighted by atomic mass is 9.61. The maximum absolute atomic E-state index is 12.7. The number of para-hydroxylation sites is 1. The van der Waals surface area contributed by atoms with E-state index in [4.69, 9.17) is 37.4 Å². The fraction of sp³-hybridized carbons (Fsp3) is 0.472. The minimum Gasteiger partial charge on any atom is -0.481 e. The Hall–Kier alpha value is -3.41. The van der Waals surface area contributed by atoms with Crippen molar-refractivity contribution in [1.29, 1.82) is 0 Å². The van der Waals surface area contributed by atoms with Gasteiger partial charge in [-0.1, -0.05) is 54.1 Å². The lowest BCUT2D eigenvalue weighted by Gasteiger charge is -2.44. The SMILES string of the molecule is C=C1C[C@]23C[C@@]1(O)CC[C@H]2[C@@]12C=C[C@H](O)[C@@](C)(C(=O)O1)[C@H]2[C@@H]3C(=O)O.CCOCOC(=O)c1ccccc1Nc1c(Cl)ccc(C)c1Cl. The molecule has 1 heterocycles. The number of halogens is 2. The molecule has 8 atom stereocenters. The van der Waals surface area contributed by atoms with Crippen LogP contribution in [-0.4, -0.2) is 63.9 Å². The third-order valence-electron chi connectivity index (χ3n) is 11.3. The van der Waals surface area contributed by atoms with Crippen molar-refractivity contribution >= 4 is 52.5 Å². The molecule has 4 aliphatic carbocycles. The Labute approximate surface area is 288 Å². The van der Waals surface area contributed by atoms with Gasteiger partial charge in [0.1, 0.15) is 11.0 Å². The van der Waals surface area contributed by atoms with Crippen LogP contribution in [0, 0.1) is 35.5 Å². The molecule has 4 bridgehead atoms. The summed E-state index contributed by atoms with van der Waals surface area (Å²) in [4.78, 5) is 37.2. The van der Waals surface area contributed by atoms with Gasteiger partial charge in [0.2, 0.25) is 0 Å². The van der Waals surface area contributed by atoms with Gasteiger partial charge in [0.05, 0.1) is 44.6 Å². The number of hydrogen-bond donors (Lipinski definition) is 4. The lowest BCUT2D eigenvalue weighted by Crippen LogP contribution is -2.50. The van der Waals surface area contributed by atoms with E-state index in [1.54, 1.807) is 49.4 Å². The molecule has 3 saturated carbocycles. The van der Waals surface area contributed by atoms with Crippen molar-refractivity contribution in [3.05, 3.63) is 81.9 Å². The molecule has 1 spiro atoms. The van der Waals surface area contributed by atoms with Crippen molar-refractivity contribution in [3.8, 4) is 0 Å². The fourth-order valence-corrected chi connectivity index (χ4v) is 9.53. The molecule has 48 heavy (non-hydrogen) atoms. The molecule has 1 aliphatic heterocycles. The molecular weight excluding hydrogens is 661 g/mol. The number of carboxylic acid groups (broad SMARTS) is 1. The van der Waals surface area contributed by atoms with Crippen LogP contribution >= 0.6 is 23.2 Å². The molecule has 2 aromatic carbocycles. The monoisotopic (exact) mass is 699 g/mol. The Bertz CT molecular complexity index is 1730. The molecular formula is C36H39Cl2NO9. The van der Waals surface area contributed by atoms with Crippen LogP contribution in [0.3, 0.4) is 0 Å². The zero-order chi connectivity index (χ0) is 34.8. The van der Waals surface area contributed by atoms with Crippen molar-refractivity contribution in [2.24, 2.45) is 28.6 Å². The van der Waals surface area contributed by atoms with E-state index >= 15 is 0 Å². The highest BCUT2D eigenvalue weighted by Gasteiger charge is 2.83. The second-order valence-corrected chi connectivity index (χ2v) is 14.5. The van der Waals surface area contributed by atoms with E-state index in [-0.39, 0.29) is 12.7 Å². The van der Waals surface area contributed by atoms with Crippen LogP contribution in [0.1, 0.15) is 55.5 Å². The van der Waals surface area contributed by atoms with Gasteiger partial charge < -0.3 is 34.8 Å². The Kier molecular flexibility index (Phi) is 8.74. The average molecular weight is 701 g/mol. The number of esters is 2. The number of rotatable bonds is 7. The topological polar surface area (TPSA) is 152 Å². The van der Waals surface area contributed by atoms with Crippen molar-refractivity contribution in [2.45, 2.75) is 63.8 Å². The first-order valence-corrected chi connectivity index (χ1v) is 16.7. The quantitative estimate of drug-likeness (QED) is 0.113. The second-order valence-electron chi connectivity index (χ2n) is 13.7. The summed E-state index contributed by atoms with van der Waals surface area (Å²) in [6.07, 6.45) is 4.11. The van der Waals surface area contributed by atoms with Gasteiger partial charge >= 0.3 is 17.9 Å². The van der Waals surface area contributed by atoms with E-state index in [2.05, 4.69) is 11.9 Å². The Balaban J connectivity index is 0.000000168. The predicted octanol–water partition coefficient (Wildman–Crippen LogP) is 6.22. The van der Waals surface area contributed by atoms with Crippen LogP contribution in [0.2, 0.25) is 10.0 Å². The Morgan fingerprint density at radius 3 is 2.62 bits per heavy atom. The number of ether oxygens (including phenoxy) is 3. The number of aliphatic hydroxyl groups excluding tert-OH is 1. The fourth-order valence-electron chi connectivity index (χ4n) is 9.06.